The second kappa shape index (κ2) is 9.48. The topological polar surface area (TPSA) is 102 Å². The molecule has 3 aromatic rings. The lowest BCUT2D eigenvalue weighted by atomic mass is 10.1. The molecule has 0 radical (unpaired) electrons. The van der Waals surface area contributed by atoms with Crippen LogP contribution in [0.5, 0.6) is 0 Å². The summed E-state index contributed by atoms with van der Waals surface area (Å²) in [6.07, 6.45) is 1.46. The van der Waals surface area contributed by atoms with Crippen LogP contribution in [0.3, 0.4) is 0 Å². The summed E-state index contributed by atoms with van der Waals surface area (Å²) >= 11 is 1.07. The quantitative estimate of drug-likeness (QED) is 0.545. The fraction of sp³-hybridized carbons (Fsp3) is 0.227. The molecule has 162 valence electrons. The van der Waals surface area contributed by atoms with E-state index < -0.39 is 11.9 Å². The minimum atomic E-state index is -0.562. The zero-order valence-electron chi connectivity index (χ0n) is 17.5. The molecule has 0 saturated carbocycles. The van der Waals surface area contributed by atoms with Crippen molar-refractivity contribution in [2.24, 2.45) is 0 Å². The van der Waals surface area contributed by atoms with Gasteiger partial charge in [0.05, 0.1) is 35.0 Å². The van der Waals surface area contributed by atoms with Gasteiger partial charge in [-0.05, 0) is 38.5 Å². The molecule has 0 aliphatic heterocycles. The van der Waals surface area contributed by atoms with Crippen molar-refractivity contribution in [1.29, 1.82) is 0 Å². The Morgan fingerprint density at radius 3 is 2.45 bits per heavy atom. The molecule has 0 aliphatic carbocycles. The lowest BCUT2D eigenvalue weighted by Crippen LogP contribution is -2.34. The van der Waals surface area contributed by atoms with Crippen molar-refractivity contribution in [2.45, 2.75) is 20.8 Å². The molecule has 0 saturated heterocycles. The Kier molecular flexibility index (Phi) is 6.76. The molecule has 0 bridgehead atoms. The summed E-state index contributed by atoms with van der Waals surface area (Å²) in [6, 6.07) is 9.09. The van der Waals surface area contributed by atoms with Gasteiger partial charge in [0.15, 0.2) is 0 Å². The highest BCUT2D eigenvalue weighted by Gasteiger charge is 2.26. The number of aromatic amines is 1. The summed E-state index contributed by atoms with van der Waals surface area (Å²) in [7, 11) is 0. The largest absolute Gasteiger partial charge is 0.462 e. The average Bonchev–Trinajstić information content (AvgIpc) is 3.23. The number of carbonyl (C=O) groups excluding carboxylic acids is 2. The van der Waals surface area contributed by atoms with Gasteiger partial charge in [0.25, 0.3) is 5.56 Å². The van der Waals surface area contributed by atoms with E-state index in [0.29, 0.717) is 31.7 Å². The van der Waals surface area contributed by atoms with Crippen LogP contribution >= 0.6 is 11.3 Å². The summed E-state index contributed by atoms with van der Waals surface area (Å²) in [5, 5.41) is 6.99. The van der Waals surface area contributed by atoms with Crippen LogP contribution in [0.2, 0.25) is 0 Å². The van der Waals surface area contributed by atoms with Crippen molar-refractivity contribution in [2.75, 3.05) is 18.5 Å². The summed E-state index contributed by atoms with van der Waals surface area (Å²) in [6.45, 7) is 9.36. The van der Waals surface area contributed by atoms with Crippen molar-refractivity contribution in [3.05, 3.63) is 67.3 Å². The van der Waals surface area contributed by atoms with E-state index >= 15 is 0 Å². The number of hydrogen-bond donors (Lipinski definition) is 2. The molecular weight excluding hydrogens is 418 g/mol. The molecule has 0 fully saturated rings. The molecule has 31 heavy (non-hydrogen) atoms. The van der Waals surface area contributed by atoms with E-state index in [1.54, 1.807) is 32.9 Å². The second-order valence-corrected chi connectivity index (χ2v) is 7.49. The fourth-order valence-electron chi connectivity index (χ4n) is 3.00. The number of nitrogens with zero attached hydrogens (tertiary/aromatic N) is 1. The van der Waals surface area contributed by atoms with Gasteiger partial charge in [-0.15, -0.1) is 11.3 Å². The van der Waals surface area contributed by atoms with Gasteiger partial charge in [-0.3, -0.25) is 9.89 Å². The lowest BCUT2D eigenvalue weighted by Gasteiger charge is -2.04. The van der Waals surface area contributed by atoms with E-state index in [2.05, 4.69) is 17.0 Å². The van der Waals surface area contributed by atoms with Crippen molar-refractivity contribution >= 4 is 41.1 Å². The molecule has 0 atom stereocenters. The number of rotatable bonds is 7. The molecule has 0 amide bonds. The molecule has 9 heteroatoms. The Balaban J connectivity index is 2.06. The summed E-state index contributed by atoms with van der Waals surface area (Å²) in [4.78, 5) is 37.9. The summed E-state index contributed by atoms with van der Waals surface area (Å²) in [5.41, 5.74) is 1.06. The number of esters is 2. The number of thiophene rings is 1. The number of nitrogens with one attached hydrogen (secondary N) is 2. The van der Waals surface area contributed by atoms with Crippen LogP contribution in [0.1, 0.15) is 39.4 Å². The molecule has 3 rings (SSSR count). The van der Waals surface area contributed by atoms with E-state index in [1.807, 2.05) is 18.2 Å². The maximum Gasteiger partial charge on any atom is 0.348 e. The van der Waals surface area contributed by atoms with Gasteiger partial charge in [0.2, 0.25) is 0 Å². The first kappa shape index (κ1) is 22.1. The molecule has 0 aliphatic rings. The van der Waals surface area contributed by atoms with Gasteiger partial charge in [0, 0.05) is 6.20 Å². The molecule has 2 heterocycles. The fourth-order valence-corrected chi connectivity index (χ4v) is 4.05. The van der Waals surface area contributed by atoms with Crippen molar-refractivity contribution < 1.29 is 19.1 Å². The first-order valence-corrected chi connectivity index (χ1v) is 10.5. The summed E-state index contributed by atoms with van der Waals surface area (Å²) < 4.78 is 11.6. The average molecular weight is 442 g/mol. The Bertz CT molecular complexity index is 1270. The highest BCUT2D eigenvalue weighted by molar-refractivity contribution is 7.18. The minimum absolute atomic E-state index is 0.189. The third-order valence-corrected chi connectivity index (χ3v) is 5.66. The number of para-hydroxylation sites is 1. The maximum atomic E-state index is 12.9. The standard InChI is InChI=1S/C22H23N3O5S/c1-5-29-21(27)17-13(3)18(22(28)30-6-2)31-19(17)23-12-16-14(4)24-25(20(16)26)15-10-8-7-9-11-15/h7-12,23-24H,4-6H2,1-3H3/b16-12-. The predicted octanol–water partition coefficient (Wildman–Crippen LogP) is 2.15. The minimum Gasteiger partial charge on any atom is -0.462 e. The van der Waals surface area contributed by atoms with Crippen LogP contribution in [0.15, 0.2) is 35.1 Å². The predicted molar refractivity (Wildman–Crippen MR) is 120 cm³/mol. The highest BCUT2D eigenvalue weighted by Crippen LogP contribution is 2.34. The third-order valence-electron chi connectivity index (χ3n) is 4.45. The molecule has 1 aromatic carbocycles. The van der Waals surface area contributed by atoms with Gasteiger partial charge < -0.3 is 14.8 Å². The van der Waals surface area contributed by atoms with Gasteiger partial charge >= 0.3 is 11.9 Å². The first-order valence-electron chi connectivity index (χ1n) is 9.68. The van der Waals surface area contributed by atoms with Gasteiger partial charge in [0.1, 0.15) is 9.88 Å². The molecule has 0 unspecified atom stereocenters. The third kappa shape index (κ3) is 4.46. The normalized spacial score (nSPS) is 11.4. The van der Waals surface area contributed by atoms with Crippen LogP contribution in [-0.4, -0.2) is 34.9 Å². The van der Waals surface area contributed by atoms with Gasteiger partial charge in [-0.25, -0.2) is 14.3 Å². The Morgan fingerprint density at radius 2 is 1.81 bits per heavy atom. The van der Waals surface area contributed by atoms with Crippen LogP contribution in [0, 0.1) is 6.92 Å². The molecule has 2 aromatic heterocycles. The number of hydrogen-bond acceptors (Lipinski definition) is 7. The van der Waals surface area contributed by atoms with E-state index in [0.717, 1.165) is 11.3 Å². The monoisotopic (exact) mass is 441 g/mol. The number of anilines is 1. The van der Waals surface area contributed by atoms with E-state index in [-0.39, 0.29) is 24.3 Å². The van der Waals surface area contributed by atoms with Crippen LogP contribution in [-0.2, 0) is 9.47 Å². The molecule has 8 nitrogen and oxygen atoms in total. The van der Waals surface area contributed by atoms with E-state index in [1.165, 1.54) is 10.9 Å². The maximum absolute atomic E-state index is 12.9. The van der Waals surface area contributed by atoms with Crippen LogP contribution < -0.4 is 21.4 Å². The lowest BCUT2D eigenvalue weighted by molar-refractivity contribution is 0.0527. The summed E-state index contributed by atoms with van der Waals surface area (Å²) in [5.74, 6) is -1.08. The van der Waals surface area contributed by atoms with E-state index in [9.17, 15) is 14.4 Å². The SMILES string of the molecule is C=c1[nH]n(-c2ccccc2)c(=O)/c1=C\Nc1sc(C(=O)OCC)c(C)c1C(=O)OCC. The number of aromatic nitrogens is 2. The van der Waals surface area contributed by atoms with Crippen molar-refractivity contribution in [3.8, 4) is 5.69 Å². The van der Waals surface area contributed by atoms with Crippen LogP contribution in [0.4, 0.5) is 5.00 Å². The van der Waals surface area contributed by atoms with Crippen molar-refractivity contribution in [3.63, 3.8) is 0 Å². The molecule has 2 N–H and O–H groups in total. The Labute approximate surface area is 182 Å². The van der Waals surface area contributed by atoms with Gasteiger partial charge in [-0.2, -0.15) is 0 Å². The number of ether oxygens (including phenoxy) is 2. The number of carbonyl (C=O) groups is 2. The number of benzene rings is 1. The van der Waals surface area contributed by atoms with Crippen LogP contribution in [0.25, 0.3) is 18.5 Å². The molecule has 0 spiro atoms. The highest BCUT2D eigenvalue weighted by atomic mass is 32.1. The smallest absolute Gasteiger partial charge is 0.348 e. The van der Waals surface area contributed by atoms with Crippen molar-refractivity contribution in [1.82, 2.24) is 9.78 Å². The zero-order valence-corrected chi connectivity index (χ0v) is 18.3. The number of H-pyrrole nitrogens is 1. The Morgan fingerprint density at radius 1 is 1.16 bits per heavy atom. The molecular formula is C22H23N3O5S. The first-order chi connectivity index (χ1) is 14.9. The Hall–Kier alpha value is -3.59. The van der Waals surface area contributed by atoms with E-state index in [4.69, 9.17) is 9.47 Å². The van der Waals surface area contributed by atoms with Gasteiger partial charge in [-0.1, -0.05) is 24.8 Å². The second-order valence-electron chi connectivity index (χ2n) is 6.47. The zero-order chi connectivity index (χ0) is 22.5.